The number of hydrogen-bond acceptors (Lipinski definition) is 3. The zero-order valence-corrected chi connectivity index (χ0v) is 13.3. The van der Waals surface area contributed by atoms with E-state index in [9.17, 15) is 0 Å². The molecule has 1 fully saturated rings. The minimum Gasteiger partial charge on any atom is -0.493 e. The van der Waals surface area contributed by atoms with Gasteiger partial charge in [0, 0.05) is 36.7 Å². The lowest BCUT2D eigenvalue weighted by Gasteiger charge is -2.23. The third kappa shape index (κ3) is 4.65. The number of methoxy groups -OCH3 is 1. The Bertz CT molecular complexity index is 444. The summed E-state index contributed by atoms with van der Waals surface area (Å²) in [6.07, 6.45) is 3.37. The fourth-order valence-corrected chi connectivity index (χ4v) is 2.12. The molecule has 1 aromatic rings. The van der Waals surface area contributed by atoms with Gasteiger partial charge in [-0.2, -0.15) is 0 Å². The molecule has 0 atom stereocenters. The maximum Gasteiger partial charge on any atom is 0.125 e. The maximum absolute atomic E-state index is 6.28. The highest BCUT2D eigenvalue weighted by Crippen LogP contribution is 2.28. The van der Waals surface area contributed by atoms with Crippen molar-refractivity contribution in [3.63, 3.8) is 0 Å². The summed E-state index contributed by atoms with van der Waals surface area (Å²) in [5.74, 6) is 0.873. The summed E-state index contributed by atoms with van der Waals surface area (Å²) < 4.78 is 11.3. The van der Waals surface area contributed by atoms with Crippen molar-refractivity contribution >= 4 is 11.6 Å². The topological polar surface area (TPSA) is 30.5 Å². The molecule has 0 amide bonds. The van der Waals surface area contributed by atoms with Crippen LogP contribution in [-0.2, 0) is 11.3 Å². The number of halogens is 1. The van der Waals surface area contributed by atoms with E-state index < -0.39 is 0 Å². The maximum atomic E-state index is 6.28. The zero-order chi connectivity index (χ0) is 14.6. The van der Waals surface area contributed by atoms with E-state index in [0.29, 0.717) is 12.6 Å². The lowest BCUT2D eigenvalue weighted by atomic mass is 10.1. The molecule has 0 aliphatic heterocycles. The molecule has 0 heterocycles. The van der Waals surface area contributed by atoms with Crippen molar-refractivity contribution in [3.8, 4) is 5.75 Å². The van der Waals surface area contributed by atoms with Gasteiger partial charge in [-0.1, -0.05) is 17.7 Å². The lowest BCUT2D eigenvalue weighted by Crippen LogP contribution is -2.25. The van der Waals surface area contributed by atoms with Crippen molar-refractivity contribution in [3.05, 3.63) is 28.8 Å². The number of hydrogen-bond donors (Lipinski definition) is 1. The van der Waals surface area contributed by atoms with Crippen molar-refractivity contribution in [2.75, 3.05) is 13.7 Å². The predicted octanol–water partition coefficient (Wildman–Crippen LogP) is 3.79. The molecule has 0 bridgehead atoms. The van der Waals surface area contributed by atoms with Crippen LogP contribution in [0.1, 0.15) is 38.7 Å². The van der Waals surface area contributed by atoms with Crippen LogP contribution < -0.4 is 10.1 Å². The van der Waals surface area contributed by atoms with E-state index in [1.54, 1.807) is 7.11 Å². The van der Waals surface area contributed by atoms with Gasteiger partial charge in [-0.3, -0.25) is 0 Å². The average Bonchev–Trinajstić information content (AvgIpc) is 3.22. The van der Waals surface area contributed by atoms with Crippen molar-refractivity contribution in [2.24, 2.45) is 0 Å². The molecule has 1 aliphatic carbocycles. The molecule has 3 nitrogen and oxygen atoms in total. The summed E-state index contributed by atoms with van der Waals surface area (Å²) >= 11 is 6.28. The van der Waals surface area contributed by atoms with Gasteiger partial charge in [-0.15, -0.1) is 0 Å². The highest BCUT2D eigenvalue weighted by Gasteiger charge is 2.21. The summed E-state index contributed by atoms with van der Waals surface area (Å²) in [6, 6.07) is 6.48. The minimum atomic E-state index is -0.162. The standard InChI is InChI=1S/C16H24ClNO2/c1-16(2,19-3)9-10-20-15-6-4-5-14(17)13(15)11-18-12-7-8-12/h4-6,12,18H,7-11H2,1-3H3. The molecule has 4 heteroatoms. The van der Waals surface area contributed by atoms with E-state index in [2.05, 4.69) is 19.2 Å². The van der Waals surface area contributed by atoms with Gasteiger partial charge in [0.2, 0.25) is 0 Å². The summed E-state index contributed by atoms with van der Waals surface area (Å²) in [7, 11) is 1.73. The van der Waals surface area contributed by atoms with E-state index in [-0.39, 0.29) is 5.60 Å². The summed E-state index contributed by atoms with van der Waals surface area (Å²) in [5.41, 5.74) is 0.890. The van der Waals surface area contributed by atoms with E-state index in [1.165, 1.54) is 12.8 Å². The fraction of sp³-hybridized carbons (Fsp3) is 0.625. The normalized spacial score (nSPS) is 15.4. The number of benzene rings is 1. The van der Waals surface area contributed by atoms with Crippen LogP contribution >= 0.6 is 11.6 Å². The Morgan fingerprint density at radius 2 is 2.10 bits per heavy atom. The van der Waals surface area contributed by atoms with Crippen LogP contribution in [0.2, 0.25) is 5.02 Å². The van der Waals surface area contributed by atoms with Crippen LogP contribution in [0.4, 0.5) is 0 Å². The lowest BCUT2D eigenvalue weighted by molar-refractivity contribution is 0.00537. The van der Waals surface area contributed by atoms with Crippen LogP contribution in [-0.4, -0.2) is 25.4 Å². The van der Waals surface area contributed by atoms with Crippen LogP contribution in [0.3, 0.4) is 0 Å². The van der Waals surface area contributed by atoms with E-state index in [0.717, 1.165) is 29.3 Å². The molecule has 1 aliphatic rings. The van der Waals surface area contributed by atoms with Crippen molar-refractivity contribution in [1.82, 2.24) is 5.32 Å². The Hall–Kier alpha value is -0.770. The molecule has 0 unspecified atom stereocenters. The number of ether oxygens (including phenoxy) is 2. The summed E-state index contributed by atoms with van der Waals surface area (Å²) in [5, 5.41) is 4.25. The van der Waals surface area contributed by atoms with Gasteiger partial charge in [0.25, 0.3) is 0 Å². The monoisotopic (exact) mass is 297 g/mol. The Morgan fingerprint density at radius 1 is 1.35 bits per heavy atom. The Balaban J connectivity index is 1.93. The highest BCUT2D eigenvalue weighted by atomic mass is 35.5. The zero-order valence-electron chi connectivity index (χ0n) is 12.5. The predicted molar refractivity (Wildman–Crippen MR) is 82.5 cm³/mol. The summed E-state index contributed by atoms with van der Waals surface area (Å²) in [4.78, 5) is 0. The van der Waals surface area contributed by atoms with Crippen LogP contribution in [0, 0.1) is 0 Å². The molecule has 1 aromatic carbocycles. The second-order valence-electron chi connectivity index (χ2n) is 5.93. The average molecular weight is 298 g/mol. The van der Waals surface area contributed by atoms with Crippen molar-refractivity contribution in [1.29, 1.82) is 0 Å². The van der Waals surface area contributed by atoms with Crippen molar-refractivity contribution < 1.29 is 9.47 Å². The third-order valence-corrected chi connectivity index (χ3v) is 4.09. The van der Waals surface area contributed by atoms with Gasteiger partial charge < -0.3 is 14.8 Å². The molecule has 0 saturated heterocycles. The molecule has 20 heavy (non-hydrogen) atoms. The van der Waals surface area contributed by atoms with Crippen LogP contribution in [0.25, 0.3) is 0 Å². The molecule has 112 valence electrons. The molecule has 1 saturated carbocycles. The second kappa shape index (κ2) is 6.79. The summed E-state index contributed by atoms with van der Waals surface area (Å²) in [6.45, 7) is 5.51. The van der Waals surface area contributed by atoms with Gasteiger partial charge in [0.15, 0.2) is 0 Å². The van der Waals surface area contributed by atoms with Crippen LogP contribution in [0.15, 0.2) is 18.2 Å². The molecule has 1 N–H and O–H groups in total. The number of rotatable bonds is 8. The molecule has 0 spiro atoms. The van der Waals surface area contributed by atoms with E-state index >= 15 is 0 Å². The molecular formula is C16H24ClNO2. The Kier molecular flexibility index (Phi) is 5.30. The van der Waals surface area contributed by atoms with E-state index in [4.69, 9.17) is 21.1 Å². The SMILES string of the molecule is COC(C)(C)CCOc1cccc(Cl)c1CNC1CC1. The van der Waals surface area contributed by atoms with Gasteiger partial charge in [-0.25, -0.2) is 0 Å². The minimum absolute atomic E-state index is 0.162. The fourth-order valence-electron chi connectivity index (χ4n) is 1.89. The quantitative estimate of drug-likeness (QED) is 0.792. The highest BCUT2D eigenvalue weighted by molar-refractivity contribution is 6.31. The van der Waals surface area contributed by atoms with E-state index in [1.807, 2.05) is 18.2 Å². The third-order valence-electron chi connectivity index (χ3n) is 3.74. The Labute approximate surface area is 126 Å². The molecule has 2 rings (SSSR count). The van der Waals surface area contributed by atoms with Gasteiger partial charge in [0.05, 0.1) is 12.2 Å². The van der Waals surface area contributed by atoms with Crippen molar-refractivity contribution in [2.45, 2.75) is 51.3 Å². The second-order valence-corrected chi connectivity index (χ2v) is 6.34. The Morgan fingerprint density at radius 3 is 2.75 bits per heavy atom. The molecule has 0 radical (unpaired) electrons. The molecular weight excluding hydrogens is 274 g/mol. The van der Waals surface area contributed by atoms with Gasteiger partial charge in [-0.05, 0) is 38.8 Å². The van der Waals surface area contributed by atoms with Crippen LogP contribution in [0.5, 0.6) is 5.75 Å². The smallest absolute Gasteiger partial charge is 0.125 e. The van der Waals surface area contributed by atoms with Gasteiger partial charge >= 0.3 is 0 Å². The first-order valence-corrected chi connectivity index (χ1v) is 7.58. The first-order chi connectivity index (χ1) is 9.52. The largest absolute Gasteiger partial charge is 0.493 e. The first kappa shape index (κ1) is 15.6. The number of nitrogens with one attached hydrogen (secondary N) is 1. The van der Waals surface area contributed by atoms with Gasteiger partial charge in [0.1, 0.15) is 5.75 Å². The molecule has 0 aromatic heterocycles. The first-order valence-electron chi connectivity index (χ1n) is 7.20.